The molecular weight excluding hydrogens is 398 g/mol. The molecule has 0 aliphatic carbocycles. The van der Waals surface area contributed by atoms with Gasteiger partial charge in [0, 0.05) is 17.5 Å². The number of thiophene rings is 1. The smallest absolute Gasteiger partial charge is 0.237 e. The van der Waals surface area contributed by atoms with Crippen molar-refractivity contribution in [2.75, 3.05) is 12.3 Å². The maximum absolute atomic E-state index is 11.6. The minimum Gasteiger partial charge on any atom is -0.355 e. The predicted molar refractivity (Wildman–Crippen MR) is 101 cm³/mol. The highest BCUT2D eigenvalue weighted by atomic mass is 32.2. The van der Waals surface area contributed by atoms with Crippen molar-refractivity contribution in [1.82, 2.24) is 25.7 Å². The summed E-state index contributed by atoms with van der Waals surface area (Å²) < 4.78 is 6.84. The molecule has 3 heterocycles. The molecule has 0 unspecified atom stereocenters. The number of thioether (sulfide) groups is 2. The average molecular weight is 414 g/mol. The lowest BCUT2D eigenvalue weighted by molar-refractivity contribution is -0.118. The monoisotopic (exact) mass is 413 g/mol. The number of hydrogen-bond donors (Lipinski definition) is 1. The Morgan fingerprint density at radius 3 is 2.92 bits per heavy atom. The first-order valence-electron chi connectivity index (χ1n) is 7.45. The zero-order chi connectivity index (χ0) is 17.5. The van der Waals surface area contributed by atoms with Gasteiger partial charge in [-0.15, -0.1) is 10.2 Å². The van der Waals surface area contributed by atoms with Crippen LogP contribution in [0.4, 0.5) is 0 Å². The molecule has 25 heavy (non-hydrogen) atoms. The topological polar surface area (TPSA) is 93.8 Å². The zero-order valence-electron chi connectivity index (χ0n) is 13.3. The van der Waals surface area contributed by atoms with Gasteiger partial charge in [0.1, 0.15) is 0 Å². The van der Waals surface area contributed by atoms with Gasteiger partial charge < -0.3 is 9.84 Å². The molecule has 0 radical (unpaired) electrons. The molecule has 1 amide bonds. The van der Waals surface area contributed by atoms with E-state index in [1.165, 1.54) is 34.9 Å². The first-order chi connectivity index (χ1) is 12.2. The average Bonchev–Trinajstić information content (AvgIpc) is 3.37. The van der Waals surface area contributed by atoms with Gasteiger partial charge in [0.15, 0.2) is 8.68 Å². The lowest BCUT2D eigenvalue weighted by Crippen LogP contribution is -2.25. The third kappa shape index (κ3) is 5.53. The Balaban J connectivity index is 1.46. The molecule has 3 aromatic rings. The molecule has 0 aliphatic rings. The van der Waals surface area contributed by atoms with E-state index in [0.29, 0.717) is 29.8 Å². The summed E-state index contributed by atoms with van der Waals surface area (Å²) in [6, 6.07) is 1.96. The van der Waals surface area contributed by atoms with E-state index in [9.17, 15) is 4.79 Å². The van der Waals surface area contributed by atoms with Crippen LogP contribution in [0.25, 0.3) is 11.4 Å². The summed E-state index contributed by atoms with van der Waals surface area (Å²) >= 11 is 5.93. The van der Waals surface area contributed by atoms with Crippen molar-refractivity contribution in [2.45, 2.75) is 27.8 Å². The molecule has 0 aromatic carbocycles. The Labute approximate surface area is 161 Å². The number of nitrogens with one attached hydrogen (secondary N) is 1. The molecule has 11 heteroatoms. The summed E-state index contributed by atoms with van der Waals surface area (Å²) in [6.07, 6.45) is 0.930. The Hall–Kier alpha value is -1.43. The van der Waals surface area contributed by atoms with Gasteiger partial charge in [-0.2, -0.15) is 16.3 Å². The van der Waals surface area contributed by atoms with Crippen LogP contribution in [-0.4, -0.2) is 38.5 Å². The molecule has 1 N–H and O–H groups in total. The Morgan fingerprint density at radius 1 is 1.32 bits per heavy atom. The molecule has 0 spiro atoms. The van der Waals surface area contributed by atoms with Crippen LogP contribution in [0, 0.1) is 0 Å². The number of nitrogens with zero attached hydrogens (tertiary/aromatic N) is 4. The standard InChI is InChI=1S/C14H15N5O2S4/c1-2-4-15-10(20)7-23-13-17-18-14(25-13)24-8-11-16-12(19-21-11)9-3-5-22-6-9/h3,5-6H,2,4,7-8H2,1H3,(H,15,20). The van der Waals surface area contributed by atoms with Gasteiger partial charge in [-0.1, -0.05) is 46.9 Å². The van der Waals surface area contributed by atoms with E-state index < -0.39 is 0 Å². The van der Waals surface area contributed by atoms with Crippen LogP contribution < -0.4 is 5.32 Å². The maximum atomic E-state index is 11.6. The quantitative estimate of drug-likeness (QED) is 0.532. The number of carbonyl (C=O) groups excluding carboxylic acids is 1. The highest BCUT2D eigenvalue weighted by molar-refractivity contribution is 8.03. The zero-order valence-corrected chi connectivity index (χ0v) is 16.6. The molecule has 0 saturated carbocycles. The predicted octanol–water partition coefficient (Wildman–Crippen LogP) is 3.56. The minimum absolute atomic E-state index is 0.0167. The molecule has 0 saturated heterocycles. The number of carbonyl (C=O) groups is 1. The van der Waals surface area contributed by atoms with E-state index >= 15 is 0 Å². The second-order valence-electron chi connectivity index (χ2n) is 4.78. The molecule has 7 nitrogen and oxygen atoms in total. The summed E-state index contributed by atoms with van der Waals surface area (Å²) in [7, 11) is 0. The van der Waals surface area contributed by atoms with Gasteiger partial charge in [0.05, 0.1) is 11.5 Å². The normalized spacial score (nSPS) is 10.9. The van der Waals surface area contributed by atoms with E-state index in [1.807, 2.05) is 23.8 Å². The third-order valence-electron chi connectivity index (χ3n) is 2.85. The fourth-order valence-corrected chi connectivity index (χ4v) is 5.02. The SMILES string of the molecule is CCCNC(=O)CSc1nnc(SCc2nc(-c3ccsc3)no2)s1. The van der Waals surface area contributed by atoms with Crippen LogP contribution in [0.3, 0.4) is 0 Å². The highest BCUT2D eigenvalue weighted by Gasteiger charge is 2.12. The lowest BCUT2D eigenvalue weighted by atomic mass is 10.3. The van der Waals surface area contributed by atoms with Crippen molar-refractivity contribution >= 4 is 52.1 Å². The van der Waals surface area contributed by atoms with Crippen LogP contribution >= 0.6 is 46.2 Å². The van der Waals surface area contributed by atoms with Crippen molar-refractivity contribution in [3.8, 4) is 11.4 Å². The molecule has 0 aliphatic heterocycles. The molecule has 0 fully saturated rings. The van der Waals surface area contributed by atoms with Gasteiger partial charge in [-0.25, -0.2) is 0 Å². The number of aromatic nitrogens is 4. The van der Waals surface area contributed by atoms with E-state index in [2.05, 4.69) is 25.7 Å². The number of rotatable bonds is 9. The summed E-state index contributed by atoms with van der Waals surface area (Å²) in [5, 5.41) is 19.0. The van der Waals surface area contributed by atoms with Gasteiger partial charge in [0.25, 0.3) is 0 Å². The van der Waals surface area contributed by atoms with Crippen molar-refractivity contribution in [2.24, 2.45) is 0 Å². The maximum Gasteiger partial charge on any atom is 0.237 e. The fourth-order valence-electron chi connectivity index (χ4n) is 1.70. The van der Waals surface area contributed by atoms with Crippen molar-refractivity contribution < 1.29 is 9.32 Å². The number of hydrogen-bond acceptors (Lipinski definition) is 10. The summed E-state index contributed by atoms with van der Waals surface area (Å²) in [5.74, 6) is 2.06. The minimum atomic E-state index is 0.0167. The molecular formula is C14H15N5O2S4. The summed E-state index contributed by atoms with van der Waals surface area (Å²) in [5.41, 5.74) is 0.959. The number of amides is 1. The first-order valence-corrected chi connectivity index (χ1v) is 11.2. The largest absolute Gasteiger partial charge is 0.355 e. The van der Waals surface area contributed by atoms with E-state index in [1.54, 1.807) is 11.3 Å². The third-order valence-corrected chi connectivity index (χ3v) is 6.71. The van der Waals surface area contributed by atoms with Gasteiger partial charge in [0.2, 0.25) is 17.6 Å². The summed E-state index contributed by atoms with van der Waals surface area (Å²) in [6.45, 7) is 2.72. The van der Waals surface area contributed by atoms with Crippen LogP contribution in [0.2, 0.25) is 0 Å². The molecule has 0 atom stereocenters. The molecule has 3 aromatic heterocycles. The van der Waals surface area contributed by atoms with Crippen LogP contribution in [-0.2, 0) is 10.5 Å². The second-order valence-corrected chi connectivity index (χ2v) is 8.99. The van der Waals surface area contributed by atoms with E-state index in [4.69, 9.17) is 4.52 Å². The molecule has 3 rings (SSSR count). The van der Waals surface area contributed by atoms with Crippen LogP contribution in [0.1, 0.15) is 19.2 Å². The highest BCUT2D eigenvalue weighted by Crippen LogP contribution is 2.30. The molecule has 0 bridgehead atoms. The van der Waals surface area contributed by atoms with Crippen LogP contribution in [0.15, 0.2) is 30.0 Å². The Bertz CT molecular complexity index is 802. The van der Waals surface area contributed by atoms with Gasteiger partial charge in [-0.05, 0) is 17.9 Å². The molecule has 132 valence electrons. The Kier molecular flexibility index (Phi) is 6.84. The lowest BCUT2D eigenvalue weighted by Gasteiger charge is -2.00. The second kappa shape index (κ2) is 9.32. The van der Waals surface area contributed by atoms with Crippen molar-refractivity contribution in [1.29, 1.82) is 0 Å². The van der Waals surface area contributed by atoms with Crippen LogP contribution in [0.5, 0.6) is 0 Å². The Morgan fingerprint density at radius 2 is 2.16 bits per heavy atom. The van der Waals surface area contributed by atoms with Gasteiger partial charge in [-0.3, -0.25) is 4.79 Å². The fraction of sp³-hybridized carbons (Fsp3) is 0.357. The van der Waals surface area contributed by atoms with Crippen molar-refractivity contribution in [3.05, 3.63) is 22.7 Å². The van der Waals surface area contributed by atoms with Crippen molar-refractivity contribution in [3.63, 3.8) is 0 Å². The van der Waals surface area contributed by atoms with E-state index in [-0.39, 0.29) is 5.91 Å². The van der Waals surface area contributed by atoms with Gasteiger partial charge >= 0.3 is 0 Å². The van der Waals surface area contributed by atoms with E-state index in [0.717, 1.165) is 20.7 Å². The first kappa shape index (κ1) is 18.4. The summed E-state index contributed by atoms with van der Waals surface area (Å²) in [4.78, 5) is 16.0.